The number of carbonyl (C=O) groups excluding carboxylic acids is 1. The minimum atomic E-state index is -0.376. The molecule has 28 heavy (non-hydrogen) atoms. The van der Waals surface area contributed by atoms with Crippen LogP contribution >= 0.6 is 0 Å². The largest absolute Gasteiger partial charge is 0.497 e. The molecule has 1 aliphatic carbocycles. The molecule has 2 aromatic heterocycles. The van der Waals surface area contributed by atoms with Gasteiger partial charge in [0.05, 0.1) is 19.0 Å². The summed E-state index contributed by atoms with van der Waals surface area (Å²) < 4.78 is 16.1. The van der Waals surface area contributed by atoms with Crippen LogP contribution in [-0.4, -0.2) is 23.3 Å². The van der Waals surface area contributed by atoms with Crippen LogP contribution in [0.1, 0.15) is 30.2 Å². The second-order valence-electron chi connectivity index (χ2n) is 6.52. The molecule has 1 aromatic carbocycles. The number of benzene rings is 1. The first kappa shape index (κ1) is 17.8. The molecule has 2 amide bonds. The molecule has 1 saturated carbocycles. The van der Waals surface area contributed by atoms with E-state index in [1.54, 1.807) is 50.4 Å². The van der Waals surface area contributed by atoms with E-state index in [-0.39, 0.29) is 6.03 Å². The highest BCUT2D eigenvalue weighted by molar-refractivity contribution is 6.00. The lowest BCUT2D eigenvalue weighted by Crippen LogP contribution is -2.20. The van der Waals surface area contributed by atoms with Gasteiger partial charge in [-0.15, -0.1) is 0 Å². The Morgan fingerprint density at radius 1 is 1.11 bits per heavy atom. The van der Waals surface area contributed by atoms with Crippen LogP contribution < -0.4 is 20.1 Å². The minimum absolute atomic E-state index is 0.354. The lowest BCUT2D eigenvalue weighted by molar-refractivity contribution is 0.262. The standard InChI is InChI=1S/C20H20N4O4/c1-12-18(19(28-24-12)13-3-4-13)23-20(25)22-14-5-10-17(21-11-14)27-16-8-6-15(26-2)7-9-16/h5-11,13H,3-4H2,1-2H3,(H2,22,23,25). The lowest BCUT2D eigenvalue weighted by Gasteiger charge is -2.09. The van der Waals surface area contributed by atoms with Crippen LogP contribution in [0.4, 0.5) is 16.2 Å². The van der Waals surface area contributed by atoms with E-state index in [1.165, 1.54) is 6.20 Å². The summed E-state index contributed by atoms with van der Waals surface area (Å²) in [5.41, 5.74) is 1.85. The molecule has 0 spiro atoms. The van der Waals surface area contributed by atoms with Crippen LogP contribution in [0.5, 0.6) is 17.4 Å². The molecule has 0 atom stereocenters. The first-order valence-corrected chi connectivity index (χ1v) is 8.94. The number of urea groups is 1. The van der Waals surface area contributed by atoms with Gasteiger partial charge in [0.2, 0.25) is 5.88 Å². The average Bonchev–Trinajstić information content (AvgIpc) is 3.49. The van der Waals surface area contributed by atoms with Gasteiger partial charge < -0.3 is 24.6 Å². The van der Waals surface area contributed by atoms with Crippen molar-refractivity contribution in [3.8, 4) is 17.4 Å². The Bertz CT molecular complexity index is 963. The molecule has 3 aromatic rings. The van der Waals surface area contributed by atoms with Crippen LogP contribution in [-0.2, 0) is 0 Å². The Kier molecular flexibility index (Phi) is 4.84. The van der Waals surface area contributed by atoms with Gasteiger partial charge in [0.25, 0.3) is 0 Å². The van der Waals surface area contributed by atoms with Gasteiger partial charge in [-0.2, -0.15) is 0 Å². The van der Waals surface area contributed by atoms with Gasteiger partial charge in [0.1, 0.15) is 22.9 Å². The highest BCUT2D eigenvalue weighted by atomic mass is 16.5. The van der Waals surface area contributed by atoms with E-state index in [1.807, 2.05) is 0 Å². The predicted molar refractivity (Wildman–Crippen MR) is 103 cm³/mol. The van der Waals surface area contributed by atoms with Crippen molar-refractivity contribution in [3.63, 3.8) is 0 Å². The predicted octanol–water partition coefficient (Wildman–Crippen LogP) is 4.70. The van der Waals surface area contributed by atoms with Crippen LogP contribution in [0, 0.1) is 6.92 Å². The van der Waals surface area contributed by atoms with Crippen LogP contribution in [0.3, 0.4) is 0 Å². The topological polar surface area (TPSA) is 98.5 Å². The third-order valence-corrected chi connectivity index (χ3v) is 4.35. The Hall–Kier alpha value is -3.55. The molecule has 8 heteroatoms. The number of anilines is 2. The maximum atomic E-state index is 12.3. The molecule has 0 aliphatic heterocycles. The molecule has 0 unspecified atom stereocenters. The first-order chi connectivity index (χ1) is 13.6. The van der Waals surface area contributed by atoms with Crippen molar-refractivity contribution in [2.45, 2.75) is 25.7 Å². The number of amides is 2. The number of methoxy groups -OCH3 is 1. The number of rotatable bonds is 6. The molecule has 144 valence electrons. The van der Waals surface area contributed by atoms with Crippen molar-refractivity contribution in [2.75, 3.05) is 17.7 Å². The zero-order valence-corrected chi connectivity index (χ0v) is 15.6. The van der Waals surface area contributed by atoms with Crippen molar-refractivity contribution in [1.29, 1.82) is 0 Å². The average molecular weight is 380 g/mol. The van der Waals surface area contributed by atoms with Gasteiger partial charge in [-0.05, 0) is 50.1 Å². The molecule has 8 nitrogen and oxygen atoms in total. The van der Waals surface area contributed by atoms with Gasteiger partial charge in [0.15, 0.2) is 5.76 Å². The van der Waals surface area contributed by atoms with Crippen molar-refractivity contribution in [1.82, 2.24) is 10.1 Å². The Labute approximate surface area is 161 Å². The highest BCUT2D eigenvalue weighted by Crippen LogP contribution is 2.44. The number of hydrogen-bond acceptors (Lipinski definition) is 6. The van der Waals surface area contributed by atoms with Crippen molar-refractivity contribution < 1.29 is 18.8 Å². The first-order valence-electron chi connectivity index (χ1n) is 8.94. The quantitative estimate of drug-likeness (QED) is 0.643. The smallest absolute Gasteiger partial charge is 0.323 e. The molecular formula is C20H20N4O4. The maximum absolute atomic E-state index is 12.3. The Morgan fingerprint density at radius 3 is 2.50 bits per heavy atom. The summed E-state index contributed by atoms with van der Waals surface area (Å²) in [6, 6.07) is 10.2. The van der Waals surface area contributed by atoms with Gasteiger partial charge >= 0.3 is 6.03 Å². The fourth-order valence-corrected chi connectivity index (χ4v) is 2.72. The Balaban J connectivity index is 1.36. The lowest BCUT2D eigenvalue weighted by atomic mass is 10.2. The maximum Gasteiger partial charge on any atom is 0.323 e. The van der Waals surface area contributed by atoms with E-state index in [4.69, 9.17) is 14.0 Å². The summed E-state index contributed by atoms with van der Waals surface area (Å²) in [4.78, 5) is 16.5. The molecular weight excluding hydrogens is 360 g/mol. The molecule has 2 heterocycles. The SMILES string of the molecule is COc1ccc(Oc2ccc(NC(=O)Nc3c(C)noc3C3CC3)cn2)cc1. The number of carbonyl (C=O) groups is 1. The van der Waals surface area contributed by atoms with Crippen molar-refractivity contribution in [3.05, 3.63) is 54.0 Å². The fraction of sp³-hybridized carbons (Fsp3) is 0.250. The van der Waals surface area contributed by atoms with Gasteiger partial charge in [0, 0.05) is 12.0 Å². The van der Waals surface area contributed by atoms with Crippen LogP contribution in [0.15, 0.2) is 47.1 Å². The molecule has 1 fully saturated rings. The molecule has 0 saturated heterocycles. The number of hydrogen-bond donors (Lipinski definition) is 2. The molecule has 0 bridgehead atoms. The second kappa shape index (κ2) is 7.59. The third kappa shape index (κ3) is 4.06. The number of nitrogens with zero attached hydrogens (tertiary/aromatic N) is 2. The molecule has 2 N–H and O–H groups in total. The van der Waals surface area contributed by atoms with E-state index in [0.717, 1.165) is 24.4 Å². The number of pyridine rings is 1. The monoisotopic (exact) mass is 380 g/mol. The van der Waals surface area contributed by atoms with Gasteiger partial charge in [-0.3, -0.25) is 0 Å². The Morgan fingerprint density at radius 2 is 1.86 bits per heavy atom. The third-order valence-electron chi connectivity index (χ3n) is 4.35. The number of aryl methyl sites for hydroxylation is 1. The van der Waals surface area contributed by atoms with E-state index in [2.05, 4.69) is 20.8 Å². The van der Waals surface area contributed by atoms with Crippen molar-refractivity contribution in [2.24, 2.45) is 0 Å². The molecule has 4 rings (SSSR count). The highest BCUT2D eigenvalue weighted by Gasteiger charge is 2.32. The van der Waals surface area contributed by atoms with Gasteiger partial charge in [-0.25, -0.2) is 9.78 Å². The minimum Gasteiger partial charge on any atom is -0.497 e. The summed E-state index contributed by atoms with van der Waals surface area (Å²) in [7, 11) is 1.61. The summed E-state index contributed by atoms with van der Waals surface area (Å²) in [6.07, 6.45) is 3.65. The number of nitrogens with one attached hydrogen (secondary N) is 2. The summed E-state index contributed by atoms with van der Waals surface area (Å²) in [5, 5.41) is 9.51. The van der Waals surface area contributed by atoms with Gasteiger partial charge in [-0.1, -0.05) is 5.16 Å². The summed E-state index contributed by atoms with van der Waals surface area (Å²) >= 11 is 0. The van der Waals surface area contributed by atoms with Crippen molar-refractivity contribution >= 4 is 17.4 Å². The summed E-state index contributed by atoms with van der Waals surface area (Å²) in [5.74, 6) is 2.91. The number of ether oxygens (including phenoxy) is 2. The van der Waals surface area contributed by atoms with E-state index in [0.29, 0.717) is 34.6 Å². The van der Waals surface area contributed by atoms with Crippen LogP contribution in [0.2, 0.25) is 0 Å². The number of aromatic nitrogens is 2. The fourth-order valence-electron chi connectivity index (χ4n) is 2.72. The summed E-state index contributed by atoms with van der Waals surface area (Å²) in [6.45, 7) is 1.80. The zero-order chi connectivity index (χ0) is 19.5. The zero-order valence-electron chi connectivity index (χ0n) is 15.6. The van der Waals surface area contributed by atoms with E-state index < -0.39 is 0 Å². The normalized spacial score (nSPS) is 13.1. The van der Waals surface area contributed by atoms with Crippen LogP contribution in [0.25, 0.3) is 0 Å². The molecule has 0 radical (unpaired) electrons. The molecule has 1 aliphatic rings. The second-order valence-corrected chi connectivity index (χ2v) is 6.52. The van der Waals surface area contributed by atoms with E-state index in [9.17, 15) is 4.79 Å². The van der Waals surface area contributed by atoms with E-state index >= 15 is 0 Å².